The molecule has 2 amide bonds. The van der Waals surface area contributed by atoms with Crippen molar-refractivity contribution >= 4 is 17.5 Å². The summed E-state index contributed by atoms with van der Waals surface area (Å²) in [5.41, 5.74) is 11.6. The molecule has 0 aromatic carbocycles. The number of hydrogen-bond donors (Lipinski definition) is 2. The molecule has 0 radical (unpaired) electrons. The maximum atomic E-state index is 12.2. The quantitative estimate of drug-likeness (QED) is 0.777. The largest absolute Gasteiger partial charge is 0.397 e. The number of anilines is 1. The number of pyridine rings is 1. The molecule has 0 saturated carbocycles. The van der Waals surface area contributed by atoms with Crippen LogP contribution in [-0.4, -0.2) is 34.3 Å². The average Bonchev–Trinajstić information content (AvgIpc) is 2.39. The zero-order chi connectivity index (χ0) is 13.1. The number of hydrogen-bond acceptors (Lipinski definition) is 4. The van der Waals surface area contributed by atoms with Gasteiger partial charge in [-0.25, -0.2) is 4.98 Å². The molecule has 0 spiro atoms. The van der Waals surface area contributed by atoms with Crippen LogP contribution in [0.5, 0.6) is 0 Å². The van der Waals surface area contributed by atoms with E-state index in [9.17, 15) is 9.59 Å². The van der Waals surface area contributed by atoms with Crippen LogP contribution in [0.4, 0.5) is 5.69 Å². The predicted molar refractivity (Wildman–Crippen MR) is 66.5 cm³/mol. The number of carbonyl (C=O) groups is 2. The molecule has 2 rings (SSSR count). The second-order valence-electron chi connectivity index (χ2n) is 4.39. The molecule has 0 bridgehead atoms. The lowest BCUT2D eigenvalue weighted by molar-refractivity contribution is -0.123. The first-order chi connectivity index (χ1) is 8.59. The first-order valence-electron chi connectivity index (χ1n) is 5.91. The molecule has 18 heavy (non-hydrogen) atoms. The van der Waals surface area contributed by atoms with Crippen molar-refractivity contribution in [1.82, 2.24) is 9.88 Å². The van der Waals surface area contributed by atoms with Gasteiger partial charge in [0.2, 0.25) is 5.91 Å². The molecule has 96 valence electrons. The molecule has 1 aromatic rings. The third kappa shape index (κ3) is 2.42. The Morgan fingerprint density at radius 2 is 2.11 bits per heavy atom. The van der Waals surface area contributed by atoms with Crippen molar-refractivity contribution in [2.24, 2.45) is 5.73 Å². The van der Waals surface area contributed by atoms with Crippen molar-refractivity contribution in [2.75, 3.05) is 12.3 Å². The molecule has 1 fully saturated rings. The Balaban J connectivity index is 2.20. The summed E-state index contributed by atoms with van der Waals surface area (Å²) in [6, 6.07) is 2.65. The van der Waals surface area contributed by atoms with Crippen LogP contribution in [0.15, 0.2) is 18.3 Å². The SMILES string of the molecule is NC(=O)C1CCCCN1C(=O)c1ccc(N)cn1. The molecule has 6 nitrogen and oxygen atoms in total. The fourth-order valence-corrected chi connectivity index (χ4v) is 2.15. The number of amides is 2. The summed E-state index contributed by atoms with van der Waals surface area (Å²) in [7, 11) is 0. The van der Waals surface area contributed by atoms with E-state index >= 15 is 0 Å². The molecule has 4 N–H and O–H groups in total. The lowest BCUT2D eigenvalue weighted by atomic mass is 10.0. The molecule has 2 heterocycles. The minimum absolute atomic E-state index is 0.265. The molecule has 0 aliphatic carbocycles. The van der Waals surface area contributed by atoms with Gasteiger partial charge in [-0.2, -0.15) is 0 Å². The highest BCUT2D eigenvalue weighted by Gasteiger charge is 2.31. The summed E-state index contributed by atoms with van der Waals surface area (Å²) in [6.45, 7) is 0.540. The van der Waals surface area contributed by atoms with Gasteiger partial charge in [0, 0.05) is 6.54 Å². The van der Waals surface area contributed by atoms with Gasteiger partial charge in [-0.05, 0) is 31.4 Å². The molecule has 6 heteroatoms. The lowest BCUT2D eigenvalue weighted by Crippen LogP contribution is -2.50. The van der Waals surface area contributed by atoms with Gasteiger partial charge in [-0.1, -0.05) is 0 Å². The molecule has 1 saturated heterocycles. The second kappa shape index (κ2) is 5.03. The van der Waals surface area contributed by atoms with Crippen LogP contribution in [0.25, 0.3) is 0 Å². The molecule has 1 aliphatic rings. The van der Waals surface area contributed by atoms with Crippen molar-refractivity contribution in [2.45, 2.75) is 25.3 Å². The fraction of sp³-hybridized carbons (Fsp3) is 0.417. The van der Waals surface area contributed by atoms with Crippen LogP contribution in [0, 0.1) is 0 Å². The first-order valence-corrected chi connectivity index (χ1v) is 5.91. The smallest absolute Gasteiger partial charge is 0.273 e. The van der Waals surface area contributed by atoms with Gasteiger partial charge in [-0.3, -0.25) is 9.59 Å². The highest BCUT2D eigenvalue weighted by molar-refractivity contribution is 5.96. The monoisotopic (exact) mass is 248 g/mol. The summed E-state index contributed by atoms with van der Waals surface area (Å²) in [4.78, 5) is 29.1. The van der Waals surface area contributed by atoms with E-state index in [-0.39, 0.29) is 11.6 Å². The highest BCUT2D eigenvalue weighted by atomic mass is 16.2. The molecule has 1 atom stereocenters. The second-order valence-corrected chi connectivity index (χ2v) is 4.39. The predicted octanol–water partition coefficient (Wildman–Crippen LogP) is 0.144. The van der Waals surface area contributed by atoms with Crippen molar-refractivity contribution in [1.29, 1.82) is 0 Å². The van der Waals surface area contributed by atoms with E-state index in [1.165, 1.54) is 11.1 Å². The average molecular weight is 248 g/mol. The van der Waals surface area contributed by atoms with Crippen LogP contribution in [0.2, 0.25) is 0 Å². The normalized spacial score (nSPS) is 19.6. The van der Waals surface area contributed by atoms with Crippen molar-refractivity contribution in [3.05, 3.63) is 24.0 Å². The zero-order valence-corrected chi connectivity index (χ0v) is 10.0. The molecule has 1 aliphatic heterocycles. The number of nitrogens with zero attached hydrogens (tertiary/aromatic N) is 2. The molecule has 1 unspecified atom stereocenters. The van der Waals surface area contributed by atoms with Gasteiger partial charge in [-0.15, -0.1) is 0 Å². The Labute approximate surface area is 105 Å². The van der Waals surface area contributed by atoms with Crippen molar-refractivity contribution < 1.29 is 9.59 Å². The Morgan fingerprint density at radius 3 is 2.72 bits per heavy atom. The van der Waals surface area contributed by atoms with Gasteiger partial charge in [0.25, 0.3) is 5.91 Å². The lowest BCUT2D eigenvalue weighted by Gasteiger charge is -2.33. The van der Waals surface area contributed by atoms with Crippen molar-refractivity contribution in [3.8, 4) is 0 Å². The highest BCUT2D eigenvalue weighted by Crippen LogP contribution is 2.19. The van der Waals surface area contributed by atoms with E-state index in [0.717, 1.165) is 12.8 Å². The van der Waals surface area contributed by atoms with E-state index in [1.807, 2.05) is 0 Å². The van der Waals surface area contributed by atoms with Gasteiger partial charge >= 0.3 is 0 Å². The number of rotatable bonds is 2. The van der Waals surface area contributed by atoms with E-state index in [4.69, 9.17) is 11.5 Å². The Kier molecular flexibility index (Phi) is 3.45. The van der Waals surface area contributed by atoms with E-state index < -0.39 is 11.9 Å². The van der Waals surface area contributed by atoms with Crippen molar-refractivity contribution in [3.63, 3.8) is 0 Å². The number of nitrogens with two attached hydrogens (primary N) is 2. The van der Waals surface area contributed by atoms with Gasteiger partial charge in [0.1, 0.15) is 11.7 Å². The summed E-state index contributed by atoms with van der Waals surface area (Å²) in [5.74, 6) is -0.725. The summed E-state index contributed by atoms with van der Waals surface area (Å²) < 4.78 is 0. The number of primary amides is 1. The zero-order valence-electron chi connectivity index (χ0n) is 10.0. The van der Waals surface area contributed by atoms with E-state index in [2.05, 4.69) is 4.98 Å². The first kappa shape index (κ1) is 12.3. The third-order valence-electron chi connectivity index (χ3n) is 3.10. The third-order valence-corrected chi connectivity index (χ3v) is 3.10. The van der Waals surface area contributed by atoms with Crippen LogP contribution < -0.4 is 11.5 Å². The van der Waals surface area contributed by atoms with Crippen LogP contribution >= 0.6 is 0 Å². The number of likely N-dealkylation sites (tertiary alicyclic amines) is 1. The molecular weight excluding hydrogens is 232 g/mol. The standard InChI is InChI=1S/C12H16N4O2/c13-8-4-5-9(15-7-8)12(18)16-6-2-1-3-10(16)11(14)17/h4-5,7,10H,1-3,6,13H2,(H2,14,17). The van der Waals surface area contributed by atoms with Gasteiger partial charge in [0.15, 0.2) is 0 Å². The minimum Gasteiger partial charge on any atom is -0.397 e. The van der Waals surface area contributed by atoms with Crippen LogP contribution in [0.3, 0.4) is 0 Å². The van der Waals surface area contributed by atoms with E-state index in [0.29, 0.717) is 18.7 Å². The number of carbonyl (C=O) groups excluding carboxylic acids is 2. The Bertz CT molecular complexity index is 458. The Morgan fingerprint density at radius 1 is 1.33 bits per heavy atom. The summed E-state index contributed by atoms with van der Waals surface area (Å²) in [5, 5.41) is 0. The maximum Gasteiger partial charge on any atom is 0.273 e. The van der Waals surface area contributed by atoms with Gasteiger partial charge < -0.3 is 16.4 Å². The number of aromatic nitrogens is 1. The topological polar surface area (TPSA) is 102 Å². The summed E-state index contributed by atoms with van der Waals surface area (Å²) >= 11 is 0. The van der Waals surface area contributed by atoms with Gasteiger partial charge in [0.05, 0.1) is 11.9 Å². The fourth-order valence-electron chi connectivity index (χ4n) is 2.15. The summed E-state index contributed by atoms with van der Waals surface area (Å²) in [6.07, 6.45) is 3.84. The molecular formula is C12H16N4O2. The van der Waals surface area contributed by atoms with Crippen LogP contribution in [-0.2, 0) is 4.79 Å². The number of nitrogen functional groups attached to an aromatic ring is 1. The van der Waals surface area contributed by atoms with Crippen LogP contribution in [0.1, 0.15) is 29.8 Å². The number of piperidine rings is 1. The molecule has 1 aromatic heterocycles. The van der Waals surface area contributed by atoms with E-state index in [1.54, 1.807) is 12.1 Å². The maximum absolute atomic E-state index is 12.2. The minimum atomic E-state index is -0.523. The Hall–Kier alpha value is -2.11.